The minimum atomic E-state index is -1.18. The van der Waals surface area contributed by atoms with Crippen LogP contribution in [-0.2, 0) is 19.1 Å². The first-order valence-electron chi connectivity index (χ1n) is 7.25. The fraction of sp³-hybridized carbons (Fsp3) is 0.375. The highest BCUT2D eigenvalue weighted by atomic mass is 16.5. The van der Waals surface area contributed by atoms with Crippen LogP contribution in [0.2, 0.25) is 0 Å². The van der Waals surface area contributed by atoms with Crippen molar-refractivity contribution in [3.8, 4) is 0 Å². The predicted molar refractivity (Wildman–Crippen MR) is 83.0 cm³/mol. The zero-order valence-corrected chi connectivity index (χ0v) is 13.2. The van der Waals surface area contributed by atoms with Gasteiger partial charge in [-0.3, -0.25) is 15.0 Å². The Morgan fingerprint density at radius 2 is 2.00 bits per heavy atom. The topological polar surface area (TPSA) is 88.1 Å². The number of aryl methyl sites for hydroxylation is 2. The van der Waals surface area contributed by atoms with Crippen LogP contribution in [-0.4, -0.2) is 36.1 Å². The minimum absolute atomic E-state index is 0.0389. The molecule has 1 aromatic carbocycles. The molecule has 120 valence electrons. The van der Waals surface area contributed by atoms with Gasteiger partial charge in [-0.15, -0.1) is 0 Å². The first kappa shape index (κ1) is 15.2. The quantitative estimate of drug-likeness (QED) is 0.645. The highest BCUT2D eigenvalue weighted by Gasteiger charge is 2.56. The van der Waals surface area contributed by atoms with E-state index in [1.165, 1.54) is 7.11 Å². The van der Waals surface area contributed by atoms with Crippen LogP contribution in [0.3, 0.4) is 0 Å². The molecule has 0 saturated carbocycles. The van der Waals surface area contributed by atoms with Crippen molar-refractivity contribution in [2.45, 2.75) is 32.2 Å². The van der Waals surface area contributed by atoms with Crippen LogP contribution in [0, 0.1) is 13.8 Å². The number of hydrazone groups is 1. The van der Waals surface area contributed by atoms with E-state index in [2.05, 4.69) is 15.3 Å². The van der Waals surface area contributed by atoms with Crippen molar-refractivity contribution >= 4 is 29.2 Å². The molecule has 2 heterocycles. The molecule has 1 N–H and O–H groups in total. The molecule has 1 spiro atoms. The van der Waals surface area contributed by atoms with E-state index >= 15 is 0 Å². The van der Waals surface area contributed by atoms with Gasteiger partial charge in [0.25, 0.3) is 5.91 Å². The summed E-state index contributed by atoms with van der Waals surface area (Å²) >= 11 is 0. The number of benzene rings is 1. The van der Waals surface area contributed by atoms with Gasteiger partial charge >= 0.3 is 5.97 Å². The Labute approximate surface area is 133 Å². The van der Waals surface area contributed by atoms with Crippen molar-refractivity contribution in [3.63, 3.8) is 0 Å². The summed E-state index contributed by atoms with van der Waals surface area (Å²) in [6.45, 7) is 3.88. The normalized spacial score (nSPS) is 23.3. The van der Waals surface area contributed by atoms with Crippen LogP contribution < -0.4 is 10.3 Å². The number of carbonyl (C=O) groups is 3. The molecule has 7 nitrogen and oxygen atoms in total. The Hall–Kier alpha value is -2.70. The predicted octanol–water partition coefficient (Wildman–Crippen LogP) is 0.828. The zero-order chi connectivity index (χ0) is 16.8. The number of hydrogen-bond acceptors (Lipinski definition) is 6. The molecule has 0 unspecified atom stereocenters. The van der Waals surface area contributed by atoms with E-state index in [4.69, 9.17) is 0 Å². The zero-order valence-electron chi connectivity index (χ0n) is 13.2. The number of amides is 2. The molecule has 1 saturated heterocycles. The van der Waals surface area contributed by atoms with Crippen molar-refractivity contribution < 1.29 is 19.1 Å². The summed E-state index contributed by atoms with van der Waals surface area (Å²) in [5.74, 6) is -1.31. The Balaban J connectivity index is 1.89. The van der Waals surface area contributed by atoms with Gasteiger partial charge in [-0.2, -0.15) is 5.10 Å². The lowest BCUT2D eigenvalue weighted by atomic mass is 9.93. The third kappa shape index (κ3) is 2.28. The second kappa shape index (κ2) is 5.19. The van der Waals surface area contributed by atoms with Crippen LogP contribution in [0.5, 0.6) is 0 Å². The Morgan fingerprint density at radius 1 is 1.26 bits per heavy atom. The summed E-state index contributed by atoms with van der Waals surface area (Å²) in [4.78, 5) is 37.9. The number of rotatable bonds is 2. The van der Waals surface area contributed by atoms with Gasteiger partial charge in [0.15, 0.2) is 0 Å². The molecular formula is C16H17N3O4. The molecule has 0 radical (unpaired) electrons. The van der Waals surface area contributed by atoms with Crippen molar-refractivity contribution in [2.75, 3.05) is 12.0 Å². The molecule has 1 fully saturated rings. The average Bonchev–Trinajstić information content (AvgIpc) is 3.04. The van der Waals surface area contributed by atoms with Crippen LogP contribution in [0.25, 0.3) is 0 Å². The Morgan fingerprint density at radius 3 is 2.65 bits per heavy atom. The lowest BCUT2D eigenvalue weighted by Gasteiger charge is -2.21. The molecule has 0 aliphatic carbocycles. The summed E-state index contributed by atoms with van der Waals surface area (Å²) in [6.07, 6.45) is 0.00828. The highest BCUT2D eigenvalue weighted by Crippen LogP contribution is 2.35. The molecule has 1 aromatic rings. The molecule has 0 aromatic heterocycles. The van der Waals surface area contributed by atoms with E-state index in [0.29, 0.717) is 5.69 Å². The summed E-state index contributed by atoms with van der Waals surface area (Å²) < 4.78 is 4.62. The smallest absolute Gasteiger partial charge is 0.354 e. The molecule has 7 heteroatoms. The van der Waals surface area contributed by atoms with Gasteiger partial charge in [0.2, 0.25) is 5.91 Å². The number of imide groups is 1. The molecule has 2 amide bonds. The number of anilines is 1. The number of esters is 1. The van der Waals surface area contributed by atoms with Gasteiger partial charge in [-0.1, -0.05) is 6.07 Å². The number of nitrogens with zero attached hydrogens (tertiary/aromatic N) is 2. The van der Waals surface area contributed by atoms with Crippen LogP contribution in [0.15, 0.2) is 23.3 Å². The van der Waals surface area contributed by atoms with Gasteiger partial charge in [-0.25, -0.2) is 9.69 Å². The van der Waals surface area contributed by atoms with E-state index in [9.17, 15) is 14.4 Å². The standard InChI is InChI=1S/C16H17N3O4/c1-9-4-5-11(6-10(9)2)19-13(20)8-16(15(19)22)7-12(17-18-16)14(21)23-3/h4-6,18H,7-8H2,1-3H3/t16-/m0/s1. The average molecular weight is 315 g/mol. The molecule has 2 aliphatic heterocycles. The number of hydrogen-bond donors (Lipinski definition) is 1. The number of methoxy groups -OCH3 is 1. The van der Waals surface area contributed by atoms with Gasteiger partial charge in [-0.05, 0) is 37.1 Å². The highest BCUT2D eigenvalue weighted by molar-refractivity contribution is 6.39. The van der Waals surface area contributed by atoms with Gasteiger partial charge in [0.05, 0.1) is 19.2 Å². The molecule has 1 atom stereocenters. The van der Waals surface area contributed by atoms with E-state index < -0.39 is 17.4 Å². The third-order valence-electron chi connectivity index (χ3n) is 4.36. The first-order valence-corrected chi connectivity index (χ1v) is 7.25. The Bertz CT molecular complexity index is 756. The molecule has 0 bridgehead atoms. The fourth-order valence-electron chi connectivity index (χ4n) is 2.87. The molecular weight excluding hydrogens is 298 g/mol. The van der Waals surface area contributed by atoms with Crippen LogP contribution in [0.1, 0.15) is 24.0 Å². The number of ether oxygens (including phenoxy) is 1. The second-order valence-corrected chi connectivity index (χ2v) is 5.90. The van der Waals surface area contributed by atoms with Crippen molar-refractivity contribution in [3.05, 3.63) is 29.3 Å². The van der Waals surface area contributed by atoms with Crippen molar-refractivity contribution in [1.82, 2.24) is 5.43 Å². The van der Waals surface area contributed by atoms with E-state index in [0.717, 1.165) is 16.0 Å². The van der Waals surface area contributed by atoms with E-state index in [1.54, 1.807) is 12.1 Å². The monoisotopic (exact) mass is 315 g/mol. The summed E-state index contributed by atoms with van der Waals surface area (Å²) in [5, 5.41) is 3.88. The fourth-order valence-corrected chi connectivity index (χ4v) is 2.87. The minimum Gasteiger partial charge on any atom is -0.464 e. The lowest BCUT2D eigenvalue weighted by molar-refractivity contribution is -0.132. The molecule has 2 aliphatic rings. The van der Waals surface area contributed by atoms with Crippen molar-refractivity contribution in [2.24, 2.45) is 5.10 Å². The first-order chi connectivity index (χ1) is 10.9. The van der Waals surface area contributed by atoms with E-state index in [1.807, 2.05) is 19.9 Å². The van der Waals surface area contributed by atoms with E-state index in [-0.39, 0.29) is 24.5 Å². The van der Waals surface area contributed by atoms with Crippen LogP contribution >= 0.6 is 0 Å². The maximum atomic E-state index is 12.8. The van der Waals surface area contributed by atoms with Gasteiger partial charge in [0.1, 0.15) is 11.3 Å². The SMILES string of the molecule is COC(=O)C1=NN[C@]2(CC(=O)N(c3ccc(C)c(C)c3)C2=O)C1. The number of carbonyl (C=O) groups excluding carboxylic acids is 3. The maximum Gasteiger partial charge on any atom is 0.354 e. The van der Waals surface area contributed by atoms with Gasteiger partial charge in [0, 0.05) is 6.42 Å². The van der Waals surface area contributed by atoms with Crippen LogP contribution in [0.4, 0.5) is 5.69 Å². The Kier molecular flexibility index (Phi) is 3.43. The van der Waals surface area contributed by atoms with Gasteiger partial charge < -0.3 is 4.74 Å². The summed E-state index contributed by atoms with van der Waals surface area (Å²) in [6, 6.07) is 5.42. The summed E-state index contributed by atoms with van der Waals surface area (Å²) in [7, 11) is 1.25. The summed E-state index contributed by atoms with van der Waals surface area (Å²) in [5.41, 5.74) is 4.23. The second-order valence-electron chi connectivity index (χ2n) is 5.90. The van der Waals surface area contributed by atoms with Crippen molar-refractivity contribution in [1.29, 1.82) is 0 Å². The largest absolute Gasteiger partial charge is 0.464 e. The molecule has 3 rings (SSSR count). The molecule has 23 heavy (non-hydrogen) atoms. The maximum absolute atomic E-state index is 12.8. The number of nitrogens with one attached hydrogen (secondary N) is 1. The third-order valence-corrected chi connectivity index (χ3v) is 4.36. The lowest BCUT2D eigenvalue weighted by Crippen LogP contribution is -2.47.